The van der Waals surface area contributed by atoms with Gasteiger partial charge in [0.05, 0.1) is 26.2 Å². The number of amides is 1. The van der Waals surface area contributed by atoms with Gasteiger partial charge < -0.3 is 20.2 Å². The minimum absolute atomic E-state index is 0.0792. The topological polar surface area (TPSA) is 57.0 Å². The van der Waals surface area contributed by atoms with Crippen molar-refractivity contribution in [2.45, 2.75) is 26.8 Å². The lowest BCUT2D eigenvalue weighted by atomic mass is 10.1. The second kappa shape index (κ2) is 7.79. The zero-order valence-electron chi connectivity index (χ0n) is 15.7. The van der Waals surface area contributed by atoms with Gasteiger partial charge in [-0.05, 0) is 56.2 Å². The molecule has 5 nitrogen and oxygen atoms in total. The highest BCUT2D eigenvalue weighted by Crippen LogP contribution is 2.20. The number of nitrogens with zero attached hydrogens (tertiary/aromatic N) is 1. The van der Waals surface area contributed by atoms with E-state index in [0.717, 1.165) is 48.7 Å². The molecule has 3 N–H and O–H groups in total. The largest absolute Gasteiger partial charge is 0.508 e. The average Bonchev–Trinajstić information content (AvgIpc) is 2.65. The van der Waals surface area contributed by atoms with Crippen molar-refractivity contribution in [1.82, 2.24) is 0 Å². The Morgan fingerprint density at radius 2 is 1.65 bits per heavy atom. The number of phenols is 1. The highest BCUT2D eigenvalue weighted by atomic mass is 16.3. The van der Waals surface area contributed by atoms with Crippen LogP contribution in [0.2, 0.25) is 0 Å². The molecule has 0 aromatic heterocycles. The van der Waals surface area contributed by atoms with Crippen LogP contribution in [0.15, 0.2) is 42.5 Å². The number of benzene rings is 2. The number of aryl methyl sites for hydroxylation is 2. The van der Waals surface area contributed by atoms with Gasteiger partial charge in [0.25, 0.3) is 5.91 Å². The Labute approximate surface area is 155 Å². The maximum Gasteiger partial charge on any atom is 0.282 e. The number of rotatable bonds is 4. The van der Waals surface area contributed by atoms with Crippen molar-refractivity contribution in [3.63, 3.8) is 0 Å². The van der Waals surface area contributed by atoms with E-state index in [1.807, 2.05) is 51.1 Å². The molecule has 5 heteroatoms. The minimum Gasteiger partial charge on any atom is -0.508 e. The van der Waals surface area contributed by atoms with Crippen LogP contribution in [0.5, 0.6) is 5.75 Å². The first kappa shape index (κ1) is 18.3. The first-order chi connectivity index (χ1) is 12.5. The fraction of sp³-hybridized carbons (Fsp3) is 0.381. The highest BCUT2D eigenvalue weighted by molar-refractivity contribution is 5.95. The van der Waals surface area contributed by atoms with Gasteiger partial charge in [-0.1, -0.05) is 18.2 Å². The second-order valence-electron chi connectivity index (χ2n) is 7.14. The molecule has 1 aliphatic rings. The minimum atomic E-state index is -0.0871. The van der Waals surface area contributed by atoms with Gasteiger partial charge in [0, 0.05) is 11.4 Å². The summed E-state index contributed by atoms with van der Waals surface area (Å²) >= 11 is 0. The van der Waals surface area contributed by atoms with Gasteiger partial charge in [-0.25, -0.2) is 0 Å². The normalized spacial score (nSPS) is 16.3. The number of phenolic OH excluding ortho intramolecular Hbond substituents is 1. The fourth-order valence-corrected chi connectivity index (χ4v) is 3.58. The Hall–Kier alpha value is -2.53. The van der Waals surface area contributed by atoms with E-state index in [4.69, 9.17) is 0 Å². The van der Waals surface area contributed by atoms with E-state index < -0.39 is 0 Å². The van der Waals surface area contributed by atoms with Crippen molar-refractivity contribution in [2.75, 3.05) is 36.4 Å². The van der Waals surface area contributed by atoms with Crippen molar-refractivity contribution >= 4 is 17.3 Å². The second-order valence-corrected chi connectivity index (χ2v) is 7.14. The molecule has 2 aromatic carbocycles. The van der Waals surface area contributed by atoms with E-state index in [0.29, 0.717) is 0 Å². The van der Waals surface area contributed by atoms with Crippen LogP contribution >= 0.6 is 0 Å². The smallest absolute Gasteiger partial charge is 0.282 e. The number of carbonyl (C=O) groups excluding carboxylic acids is 1. The van der Waals surface area contributed by atoms with E-state index >= 15 is 0 Å². The van der Waals surface area contributed by atoms with Crippen LogP contribution in [0.4, 0.5) is 11.4 Å². The number of quaternary nitrogens is 1. The summed E-state index contributed by atoms with van der Waals surface area (Å²) in [5.41, 5.74) is 4.25. The summed E-state index contributed by atoms with van der Waals surface area (Å²) in [6, 6.07) is 13.3. The molecule has 1 fully saturated rings. The predicted octanol–water partition coefficient (Wildman–Crippen LogP) is 1.74. The lowest BCUT2D eigenvalue weighted by Gasteiger charge is -2.36. The summed E-state index contributed by atoms with van der Waals surface area (Å²) in [5.74, 6) is 0.366. The lowest BCUT2D eigenvalue weighted by molar-refractivity contribution is -0.914. The molecule has 1 aliphatic heterocycles. The van der Waals surface area contributed by atoms with Gasteiger partial charge in [-0.15, -0.1) is 0 Å². The van der Waals surface area contributed by atoms with Crippen LogP contribution < -0.4 is 15.1 Å². The molecular formula is C21H28N3O2+. The molecule has 0 bridgehead atoms. The van der Waals surface area contributed by atoms with Crippen molar-refractivity contribution in [2.24, 2.45) is 0 Å². The number of para-hydroxylation sites is 1. The van der Waals surface area contributed by atoms with Crippen LogP contribution in [0.1, 0.15) is 18.1 Å². The van der Waals surface area contributed by atoms with Crippen molar-refractivity contribution in [3.8, 4) is 5.75 Å². The SMILES string of the molecule is Cc1cccc(C)c1NC(=O)[C@@H](C)[NH+]1CCN(c2ccc(O)cc2)CC1. The molecule has 0 saturated carbocycles. The van der Waals surface area contributed by atoms with Crippen LogP contribution in [0.25, 0.3) is 0 Å². The lowest BCUT2D eigenvalue weighted by Crippen LogP contribution is -3.19. The van der Waals surface area contributed by atoms with Crippen molar-refractivity contribution in [3.05, 3.63) is 53.6 Å². The molecule has 1 atom stereocenters. The van der Waals surface area contributed by atoms with E-state index in [2.05, 4.69) is 10.2 Å². The number of piperazine rings is 1. The van der Waals surface area contributed by atoms with E-state index in [9.17, 15) is 9.90 Å². The third-order valence-corrected chi connectivity index (χ3v) is 5.36. The summed E-state index contributed by atoms with van der Waals surface area (Å²) in [5, 5.41) is 12.5. The predicted molar refractivity (Wildman–Crippen MR) is 105 cm³/mol. The Kier molecular flexibility index (Phi) is 5.47. The standard InChI is InChI=1S/C21H27N3O2/c1-15-5-4-6-16(2)20(15)22-21(26)17(3)23-11-13-24(14-12-23)18-7-9-19(25)10-8-18/h4-10,17,25H,11-14H2,1-3H3,(H,22,26)/p+1/t17-/m1/s1. The van der Waals surface area contributed by atoms with Gasteiger partial charge in [0.1, 0.15) is 5.75 Å². The number of nitrogens with one attached hydrogen (secondary N) is 2. The molecule has 0 aliphatic carbocycles. The van der Waals surface area contributed by atoms with Crippen molar-refractivity contribution in [1.29, 1.82) is 0 Å². The van der Waals surface area contributed by atoms with E-state index in [1.54, 1.807) is 12.1 Å². The molecule has 0 radical (unpaired) electrons. The van der Waals surface area contributed by atoms with Gasteiger partial charge in [0.2, 0.25) is 0 Å². The zero-order valence-corrected chi connectivity index (χ0v) is 15.7. The summed E-state index contributed by atoms with van der Waals surface area (Å²) < 4.78 is 0. The molecule has 0 unspecified atom stereocenters. The third kappa shape index (κ3) is 3.99. The molecule has 2 aromatic rings. The van der Waals surface area contributed by atoms with Gasteiger partial charge in [0.15, 0.2) is 6.04 Å². The monoisotopic (exact) mass is 354 g/mol. The quantitative estimate of drug-likeness (QED) is 0.784. The fourth-order valence-electron chi connectivity index (χ4n) is 3.58. The first-order valence-corrected chi connectivity index (χ1v) is 9.21. The zero-order chi connectivity index (χ0) is 18.7. The summed E-state index contributed by atoms with van der Waals surface area (Å²) in [6.07, 6.45) is 0. The third-order valence-electron chi connectivity index (χ3n) is 5.36. The number of anilines is 2. The van der Waals surface area contributed by atoms with E-state index in [1.165, 1.54) is 4.90 Å². The number of aromatic hydroxyl groups is 1. The molecule has 0 spiro atoms. The number of hydrogen-bond acceptors (Lipinski definition) is 3. The summed E-state index contributed by atoms with van der Waals surface area (Å²) in [7, 11) is 0. The van der Waals surface area contributed by atoms with Gasteiger partial charge >= 0.3 is 0 Å². The Morgan fingerprint density at radius 1 is 1.08 bits per heavy atom. The number of carbonyl (C=O) groups is 1. The van der Waals surface area contributed by atoms with Crippen LogP contribution in [0, 0.1) is 13.8 Å². The Bertz CT molecular complexity index is 745. The first-order valence-electron chi connectivity index (χ1n) is 9.21. The van der Waals surface area contributed by atoms with Gasteiger partial charge in [-0.3, -0.25) is 4.79 Å². The molecule has 1 amide bonds. The van der Waals surface area contributed by atoms with Crippen molar-refractivity contribution < 1.29 is 14.8 Å². The van der Waals surface area contributed by atoms with E-state index in [-0.39, 0.29) is 17.7 Å². The average molecular weight is 354 g/mol. The van der Waals surface area contributed by atoms with Gasteiger partial charge in [-0.2, -0.15) is 0 Å². The molecular weight excluding hydrogens is 326 g/mol. The molecule has 3 rings (SSSR count). The summed E-state index contributed by atoms with van der Waals surface area (Å²) in [4.78, 5) is 16.3. The van der Waals surface area contributed by atoms with Crippen LogP contribution in [-0.4, -0.2) is 43.2 Å². The van der Waals surface area contributed by atoms with Crippen LogP contribution in [-0.2, 0) is 4.79 Å². The maximum absolute atomic E-state index is 12.7. The maximum atomic E-state index is 12.7. The van der Waals surface area contributed by atoms with Crippen LogP contribution in [0.3, 0.4) is 0 Å². The molecule has 1 heterocycles. The highest BCUT2D eigenvalue weighted by Gasteiger charge is 2.29. The number of hydrogen-bond donors (Lipinski definition) is 3. The summed E-state index contributed by atoms with van der Waals surface area (Å²) in [6.45, 7) is 9.70. The molecule has 138 valence electrons. The molecule has 26 heavy (non-hydrogen) atoms. The Balaban J connectivity index is 1.58. The Morgan fingerprint density at radius 3 is 2.23 bits per heavy atom. The molecule has 1 saturated heterocycles.